The Morgan fingerprint density at radius 3 is 2.85 bits per heavy atom. The Morgan fingerprint density at radius 2 is 2.20 bits per heavy atom. The molecule has 0 aliphatic carbocycles. The number of nitrogens with one attached hydrogen (secondary N) is 1. The fourth-order valence-corrected chi connectivity index (χ4v) is 2.05. The molecule has 108 valence electrons. The largest absolute Gasteiger partial charge is 0.383 e. The van der Waals surface area contributed by atoms with Crippen LogP contribution >= 0.6 is 0 Å². The lowest BCUT2D eigenvalue weighted by atomic mass is 10.2. The van der Waals surface area contributed by atoms with Crippen molar-refractivity contribution in [1.29, 1.82) is 0 Å². The van der Waals surface area contributed by atoms with E-state index in [-0.39, 0.29) is 6.04 Å². The molecule has 0 aliphatic heterocycles. The molecule has 0 amide bonds. The van der Waals surface area contributed by atoms with Gasteiger partial charge >= 0.3 is 0 Å². The molecule has 2 aromatic heterocycles. The van der Waals surface area contributed by atoms with Gasteiger partial charge in [0, 0.05) is 37.0 Å². The van der Waals surface area contributed by atoms with Crippen molar-refractivity contribution in [2.45, 2.75) is 46.2 Å². The molecule has 3 N–H and O–H groups in total. The number of nitrogen functional groups attached to an aromatic ring is 1. The van der Waals surface area contributed by atoms with Crippen LogP contribution in [0, 0.1) is 6.92 Å². The van der Waals surface area contributed by atoms with Crippen molar-refractivity contribution in [3.05, 3.63) is 30.1 Å². The second kappa shape index (κ2) is 6.36. The number of aryl methyl sites for hydroxylation is 1. The number of imidazole rings is 1. The first-order valence-electron chi connectivity index (χ1n) is 6.95. The monoisotopic (exact) mass is 274 g/mol. The average molecular weight is 274 g/mol. The van der Waals surface area contributed by atoms with Gasteiger partial charge in [0.2, 0.25) is 0 Å². The van der Waals surface area contributed by atoms with E-state index in [1.54, 1.807) is 6.20 Å². The summed E-state index contributed by atoms with van der Waals surface area (Å²) in [5.41, 5.74) is 6.86. The Kier molecular flexibility index (Phi) is 4.55. The van der Waals surface area contributed by atoms with Crippen LogP contribution < -0.4 is 11.1 Å². The number of nitrogens with zero attached hydrogens (tertiary/aromatic N) is 4. The van der Waals surface area contributed by atoms with Crippen molar-refractivity contribution >= 4 is 11.6 Å². The van der Waals surface area contributed by atoms with E-state index < -0.39 is 0 Å². The van der Waals surface area contributed by atoms with Crippen LogP contribution in [0.3, 0.4) is 0 Å². The maximum Gasteiger partial charge on any atom is 0.135 e. The summed E-state index contributed by atoms with van der Waals surface area (Å²) in [4.78, 5) is 12.9. The summed E-state index contributed by atoms with van der Waals surface area (Å²) >= 11 is 0. The standard InChI is InChI=1S/C14H22N6/c1-4-5-12-18-13(15)11(3)14(19-12)17-10(2)8-20-7-6-16-9-20/h6-7,9-10H,4-5,8H2,1-3H3,(H3,15,17,18,19). The number of rotatable bonds is 6. The van der Waals surface area contributed by atoms with Crippen molar-refractivity contribution in [1.82, 2.24) is 19.5 Å². The highest BCUT2D eigenvalue weighted by atomic mass is 15.1. The van der Waals surface area contributed by atoms with Gasteiger partial charge in [-0.15, -0.1) is 0 Å². The third-order valence-corrected chi connectivity index (χ3v) is 3.13. The van der Waals surface area contributed by atoms with E-state index >= 15 is 0 Å². The zero-order valence-corrected chi connectivity index (χ0v) is 12.3. The van der Waals surface area contributed by atoms with Crippen molar-refractivity contribution in [2.24, 2.45) is 0 Å². The van der Waals surface area contributed by atoms with Crippen LogP contribution in [0.1, 0.15) is 31.7 Å². The molecule has 0 bridgehead atoms. The van der Waals surface area contributed by atoms with Gasteiger partial charge in [0.25, 0.3) is 0 Å². The van der Waals surface area contributed by atoms with Gasteiger partial charge in [-0.2, -0.15) is 0 Å². The third-order valence-electron chi connectivity index (χ3n) is 3.13. The normalized spacial score (nSPS) is 12.3. The van der Waals surface area contributed by atoms with Crippen LogP contribution in [0.15, 0.2) is 18.7 Å². The highest BCUT2D eigenvalue weighted by molar-refractivity contribution is 5.55. The molecule has 6 heteroatoms. The Labute approximate surface area is 119 Å². The molecule has 0 aromatic carbocycles. The summed E-state index contributed by atoms with van der Waals surface area (Å²) < 4.78 is 2.03. The summed E-state index contributed by atoms with van der Waals surface area (Å²) in [7, 11) is 0. The molecule has 2 heterocycles. The Hall–Kier alpha value is -2.11. The second-order valence-electron chi connectivity index (χ2n) is 5.05. The minimum Gasteiger partial charge on any atom is -0.383 e. The van der Waals surface area contributed by atoms with Crippen LogP contribution in [0.4, 0.5) is 11.6 Å². The van der Waals surface area contributed by atoms with Crippen molar-refractivity contribution in [3.8, 4) is 0 Å². The fourth-order valence-electron chi connectivity index (χ4n) is 2.05. The zero-order chi connectivity index (χ0) is 14.5. The molecule has 1 unspecified atom stereocenters. The lowest BCUT2D eigenvalue weighted by Gasteiger charge is -2.18. The highest BCUT2D eigenvalue weighted by Crippen LogP contribution is 2.19. The van der Waals surface area contributed by atoms with E-state index in [1.165, 1.54) is 0 Å². The zero-order valence-electron chi connectivity index (χ0n) is 12.3. The number of aromatic nitrogens is 4. The molecule has 6 nitrogen and oxygen atoms in total. The van der Waals surface area contributed by atoms with Gasteiger partial charge in [0.1, 0.15) is 17.5 Å². The summed E-state index contributed by atoms with van der Waals surface area (Å²) in [6.07, 6.45) is 7.38. The van der Waals surface area contributed by atoms with Crippen LogP contribution in [0.25, 0.3) is 0 Å². The predicted octanol–water partition coefficient (Wildman–Crippen LogP) is 2.02. The minimum atomic E-state index is 0.228. The van der Waals surface area contributed by atoms with Gasteiger partial charge < -0.3 is 15.6 Å². The first-order chi connectivity index (χ1) is 9.60. The molecular formula is C14H22N6. The second-order valence-corrected chi connectivity index (χ2v) is 5.05. The van der Waals surface area contributed by atoms with Crippen LogP contribution in [-0.4, -0.2) is 25.6 Å². The Balaban J connectivity index is 2.11. The number of anilines is 2. The van der Waals surface area contributed by atoms with Gasteiger partial charge in [0.05, 0.1) is 6.33 Å². The molecule has 1 atom stereocenters. The van der Waals surface area contributed by atoms with Crippen LogP contribution in [0.5, 0.6) is 0 Å². The summed E-state index contributed by atoms with van der Waals surface area (Å²) in [5, 5.41) is 3.41. The molecule has 0 saturated carbocycles. The molecule has 2 rings (SSSR count). The van der Waals surface area contributed by atoms with Crippen molar-refractivity contribution in [2.75, 3.05) is 11.1 Å². The van der Waals surface area contributed by atoms with Gasteiger partial charge in [-0.1, -0.05) is 6.92 Å². The van der Waals surface area contributed by atoms with Gasteiger partial charge in [0.15, 0.2) is 0 Å². The molecule has 0 radical (unpaired) electrons. The topological polar surface area (TPSA) is 81.6 Å². The third kappa shape index (κ3) is 3.46. The molecule has 0 aliphatic rings. The van der Waals surface area contributed by atoms with Crippen LogP contribution in [0.2, 0.25) is 0 Å². The predicted molar refractivity (Wildman–Crippen MR) is 80.5 cm³/mol. The molecule has 20 heavy (non-hydrogen) atoms. The minimum absolute atomic E-state index is 0.228. The molecule has 2 aromatic rings. The highest BCUT2D eigenvalue weighted by Gasteiger charge is 2.11. The first-order valence-corrected chi connectivity index (χ1v) is 6.95. The number of hydrogen-bond acceptors (Lipinski definition) is 5. The van der Waals surface area contributed by atoms with E-state index in [0.29, 0.717) is 5.82 Å². The maximum atomic E-state index is 5.96. The molecule has 0 saturated heterocycles. The fraction of sp³-hybridized carbons (Fsp3) is 0.500. The average Bonchev–Trinajstić information content (AvgIpc) is 2.88. The Bertz CT molecular complexity index is 549. The Morgan fingerprint density at radius 1 is 1.40 bits per heavy atom. The summed E-state index contributed by atoms with van der Waals surface area (Å²) in [6.45, 7) is 6.98. The summed E-state index contributed by atoms with van der Waals surface area (Å²) in [5.74, 6) is 2.18. The molecular weight excluding hydrogens is 252 g/mol. The van der Waals surface area contributed by atoms with E-state index in [0.717, 1.165) is 36.6 Å². The maximum absolute atomic E-state index is 5.96. The SMILES string of the molecule is CCCc1nc(N)c(C)c(NC(C)Cn2ccnc2)n1. The summed E-state index contributed by atoms with van der Waals surface area (Å²) in [6, 6.07) is 0.228. The number of nitrogens with two attached hydrogens (primary N) is 1. The first kappa shape index (κ1) is 14.3. The molecule has 0 fully saturated rings. The van der Waals surface area contributed by atoms with E-state index in [1.807, 2.05) is 24.0 Å². The van der Waals surface area contributed by atoms with Gasteiger partial charge in [-0.25, -0.2) is 15.0 Å². The smallest absolute Gasteiger partial charge is 0.135 e. The lowest BCUT2D eigenvalue weighted by Crippen LogP contribution is -2.23. The van der Waals surface area contributed by atoms with E-state index in [2.05, 4.69) is 34.1 Å². The van der Waals surface area contributed by atoms with E-state index in [4.69, 9.17) is 5.73 Å². The van der Waals surface area contributed by atoms with Gasteiger partial charge in [-0.05, 0) is 20.3 Å². The molecule has 0 spiro atoms. The van der Waals surface area contributed by atoms with E-state index in [9.17, 15) is 0 Å². The van der Waals surface area contributed by atoms with Crippen molar-refractivity contribution < 1.29 is 0 Å². The lowest BCUT2D eigenvalue weighted by molar-refractivity contribution is 0.615. The number of hydrogen-bond donors (Lipinski definition) is 2. The van der Waals surface area contributed by atoms with Crippen LogP contribution in [-0.2, 0) is 13.0 Å². The van der Waals surface area contributed by atoms with Gasteiger partial charge in [-0.3, -0.25) is 0 Å². The quantitative estimate of drug-likeness (QED) is 0.842. The van der Waals surface area contributed by atoms with Crippen molar-refractivity contribution in [3.63, 3.8) is 0 Å².